The number of tetrazole rings is 1. The largest absolute Gasteiger partial charge is 0.291 e. The zero-order valence-electron chi connectivity index (χ0n) is 12.7. The van der Waals surface area contributed by atoms with Crippen LogP contribution in [-0.2, 0) is 6.54 Å². The van der Waals surface area contributed by atoms with E-state index in [1.165, 1.54) is 10.9 Å². The monoisotopic (exact) mass is 372 g/mol. The number of hydrogen-bond donors (Lipinski definition) is 0. The number of aromatic nitrogens is 6. The van der Waals surface area contributed by atoms with Crippen LogP contribution in [-0.4, -0.2) is 29.8 Å². The Labute approximate surface area is 151 Å². The summed E-state index contributed by atoms with van der Waals surface area (Å²) in [6, 6.07) is 12.5. The van der Waals surface area contributed by atoms with Crippen molar-refractivity contribution in [2.75, 3.05) is 0 Å². The molecule has 0 aliphatic carbocycles. The summed E-state index contributed by atoms with van der Waals surface area (Å²) < 4.78 is 2.99. The molecule has 0 N–H and O–H groups in total. The van der Waals surface area contributed by atoms with Gasteiger partial charge >= 0.3 is 0 Å². The first-order valence-electron chi connectivity index (χ1n) is 7.30. The Hall–Kier alpha value is -2.77. The summed E-state index contributed by atoms with van der Waals surface area (Å²) in [4.78, 5) is 17.0. The Morgan fingerprint density at radius 2 is 1.88 bits per heavy atom. The quantitative estimate of drug-likeness (QED) is 0.552. The van der Waals surface area contributed by atoms with Crippen LogP contribution in [0.25, 0.3) is 16.6 Å². The molecule has 25 heavy (non-hydrogen) atoms. The van der Waals surface area contributed by atoms with Crippen LogP contribution in [0.3, 0.4) is 0 Å². The molecule has 0 saturated heterocycles. The maximum absolute atomic E-state index is 12.7. The summed E-state index contributed by atoms with van der Waals surface area (Å²) in [5.74, 6) is 0.502. The normalized spacial score (nSPS) is 11.1. The van der Waals surface area contributed by atoms with Gasteiger partial charge in [0.05, 0.1) is 34.5 Å². The number of para-hydroxylation sites is 1. The Bertz CT molecular complexity index is 1120. The van der Waals surface area contributed by atoms with E-state index in [4.69, 9.17) is 23.2 Å². The van der Waals surface area contributed by atoms with Crippen LogP contribution < -0.4 is 5.56 Å². The fourth-order valence-electron chi connectivity index (χ4n) is 2.53. The minimum absolute atomic E-state index is 0.161. The molecule has 2 heterocycles. The van der Waals surface area contributed by atoms with Gasteiger partial charge < -0.3 is 0 Å². The smallest absolute Gasteiger partial charge is 0.261 e. The number of fused-ring (bicyclic) bond motifs is 1. The average Bonchev–Trinajstić information content (AvgIpc) is 3.07. The van der Waals surface area contributed by atoms with Crippen molar-refractivity contribution in [2.45, 2.75) is 6.54 Å². The Morgan fingerprint density at radius 3 is 2.68 bits per heavy atom. The van der Waals surface area contributed by atoms with Crippen molar-refractivity contribution in [2.24, 2.45) is 0 Å². The zero-order valence-corrected chi connectivity index (χ0v) is 14.2. The number of nitrogens with zero attached hydrogens (tertiary/aromatic N) is 6. The highest BCUT2D eigenvalue weighted by Crippen LogP contribution is 2.24. The van der Waals surface area contributed by atoms with E-state index < -0.39 is 0 Å². The molecule has 0 bridgehead atoms. The number of halogens is 2. The van der Waals surface area contributed by atoms with Gasteiger partial charge in [0.1, 0.15) is 0 Å². The lowest BCUT2D eigenvalue weighted by atomic mass is 10.2. The van der Waals surface area contributed by atoms with Crippen LogP contribution in [0.5, 0.6) is 0 Å². The Balaban J connectivity index is 1.79. The van der Waals surface area contributed by atoms with Crippen molar-refractivity contribution in [1.29, 1.82) is 0 Å². The molecule has 0 aliphatic heterocycles. The highest BCUT2D eigenvalue weighted by molar-refractivity contribution is 6.38. The van der Waals surface area contributed by atoms with E-state index in [0.29, 0.717) is 26.8 Å². The summed E-state index contributed by atoms with van der Waals surface area (Å²) in [5.41, 5.74) is 0.947. The molecule has 2 aromatic carbocycles. The minimum atomic E-state index is -0.267. The zero-order chi connectivity index (χ0) is 17.4. The van der Waals surface area contributed by atoms with Crippen molar-refractivity contribution >= 4 is 34.1 Å². The van der Waals surface area contributed by atoms with Crippen molar-refractivity contribution in [3.8, 4) is 5.69 Å². The lowest BCUT2D eigenvalue weighted by Crippen LogP contribution is -2.23. The topological polar surface area (TPSA) is 78.5 Å². The molecule has 0 atom stereocenters. The third kappa shape index (κ3) is 2.88. The van der Waals surface area contributed by atoms with Crippen molar-refractivity contribution in [3.05, 3.63) is 75.0 Å². The first-order chi connectivity index (χ1) is 12.1. The van der Waals surface area contributed by atoms with Crippen LogP contribution in [0.1, 0.15) is 5.82 Å². The summed E-state index contributed by atoms with van der Waals surface area (Å²) in [7, 11) is 0. The van der Waals surface area contributed by atoms with E-state index in [2.05, 4.69) is 20.5 Å². The highest BCUT2D eigenvalue weighted by Gasteiger charge is 2.13. The van der Waals surface area contributed by atoms with Gasteiger partial charge in [0, 0.05) is 5.02 Å². The first kappa shape index (κ1) is 15.7. The number of hydrogen-bond acceptors (Lipinski definition) is 5. The molecule has 0 unspecified atom stereocenters. The number of benzene rings is 2. The second-order valence-corrected chi connectivity index (χ2v) is 6.15. The van der Waals surface area contributed by atoms with E-state index >= 15 is 0 Å². The molecule has 0 spiro atoms. The molecule has 0 amide bonds. The molecule has 0 aliphatic rings. The maximum Gasteiger partial charge on any atom is 0.261 e. The van der Waals surface area contributed by atoms with Crippen molar-refractivity contribution in [3.63, 3.8) is 0 Å². The van der Waals surface area contributed by atoms with Gasteiger partial charge in [-0.15, -0.1) is 5.10 Å². The van der Waals surface area contributed by atoms with Gasteiger partial charge in [-0.1, -0.05) is 41.4 Å². The molecule has 0 fully saturated rings. The third-order valence-corrected chi connectivity index (χ3v) is 4.20. The standard InChI is InChI=1S/C16H10Cl2N6O/c17-10-6-12-15(13(18)7-10)19-9-23(16(12)25)8-14-20-21-22-24(14)11-4-2-1-3-5-11/h1-7,9H,8H2. The van der Waals surface area contributed by atoms with Crippen LogP contribution >= 0.6 is 23.2 Å². The molecule has 4 rings (SSSR count). The van der Waals surface area contributed by atoms with Gasteiger partial charge in [0.25, 0.3) is 5.56 Å². The minimum Gasteiger partial charge on any atom is -0.291 e. The van der Waals surface area contributed by atoms with Crippen LogP contribution in [0.15, 0.2) is 53.6 Å². The predicted octanol–water partition coefficient (Wildman–Crippen LogP) is 2.73. The lowest BCUT2D eigenvalue weighted by molar-refractivity contribution is 0.675. The second kappa shape index (κ2) is 6.27. The number of rotatable bonds is 3. The molecule has 2 aromatic heterocycles. The van der Waals surface area contributed by atoms with Crippen molar-refractivity contribution < 1.29 is 0 Å². The fourth-order valence-corrected chi connectivity index (χ4v) is 3.08. The van der Waals surface area contributed by atoms with Gasteiger partial charge in [-0.3, -0.25) is 9.36 Å². The van der Waals surface area contributed by atoms with E-state index in [0.717, 1.165) is 5.69 Å². The van der Waals surface area contributed by atoms with Crippen LogP contribution in [0, 0.1) is 0 Å². The van der Waals surface area contributed by atoms with E-state index in [-0.39, 0.29) is 12.1 Å². The average molecular weight is 373 g/mol. The Morgan fingerprint density at radius 1 is 1.08 bits per heavy atom. The molecular formula is C16H10Cl2N6O. The molecule has 124 valence electrons. The summed E-state index contributed by atoms with van der Waals surface area (Å²) in [6.45, 7) is 0.161. The maximum atomic E-state index is 12.7. The molecule has 4 aromatic rings. The summed E-state index contributed by atoms with van der Waals surface area (Å²) in [6.07, 6.45) is 1.43. The first-order valence-corrected chi connectivity index (χ1v) is 8.06. The van der Waals surface area contributed by atoms with Gasteiger partial charge in [-0.25, -0.2) is 4.98 Å². The third-order valence-electron chi connectivity index (χ3n) is 3.69. The van der Waals surface area contributed by atoms with E-state index in [1.54, 1.807) is 16.8 Å². The van der Waals surface area contributed by atoms with E-state index in [1.807, 2.05) is 30.3 Å². The van der Waals surface area contributed by atoms with Gasteiger partial charge in [0.15, 0.2) is 5.82 Å². The highest BCUT2D eigenvalue weighted by atomic mass is 35.5. The fraction of sp³-hybridized carbons (Fsp3) is 0.0625. The Kier molecular flexibility index (Phi) is 3.95. The van der Waals surface area contributed by atoms with Gasteiger partial charge in [-0.2, -0.15) is 4.68 Å². The van der Waals surface area contributed by atoms with Crippen LogP contribution in [0.4, 0.5) is 0 Å². The van der Waals surface area contributed by atoms with Gasteiger partial charge in [0.2, 0.25) is 0 Å². The molecule has 0 radical (unpaired) electrons. The lowest BCUT2D eigenvalue weighted by Gasteiger charge is -2.08. The van der Waals surface area contributed by atoms with Gasteiger partial charge in [-0.05, 0) is 34.7 Å². The predicted molar refractivity (Wildman–Crippen MR) is 94.3 cm³/mol. The van der Waals surface area contributed by atoms with Crippen LogP contribution in [0.2, 0.25) is 10.0 Å². The second-order valence-electron chi connectivity index (χ2n) is 5.30. The SMILES string of the molecule is O=c1c2cc(Cl)cc(Cl)c2ncn1Cc1nnnn1-c1ccccc1. The van der Waals surface area contributed by atoms with Crippen molar-refractivity contribution in [1.82, 2.24) is 29.8 Å². The molecule has 7 nitrogen and oxygen atoms in total. The summed E-state index contributed by atoms with van der Waals surface area (Å²) in [5, 5.41) is 12.7. The van der Waals surface area contributed by atoms with E-state index in [9.17, 15) is 4.79 Å². The molecular weight excluding hydrogens is 363 g/mol. The molecule has 0 saturated carbocycles. The molecule has 9 heteroatoms. The summed E-state index contributed by atoms with van der Waals surface area (Å²) >= 11 is 12.1.